The van der Waals surface area contributed by atoms with Crippen LogP contribution in [0.5, 0.6) is 5.75 Å². The van der Waals surface area contributed by atoms with Crippen molar-refractivity contribution in [3.05, 3.63) is 101 Å². The number of imide groups is 1. The standard InChI is InChI=1S/C34H34BFN2O5/c1-20(16-22-9-14-29(39)28(36)18-22)8-15-30-31-21(2)17-26-32(27(31)19-35(42)43-30)34(41)38(33(26)40)25-12-10-24(11-13-25)37-23-6-4-3-5-7-23/h3-7,9-14,16,18,26-27,30,32,37,39,42H,8,15,17,19H2,1-2H3/b20-16+/t26-,27+,30-,32-/m1/s1. The maximum Gasteiger partial charge on any atom is 0.455 e. The number of aromatic hydroxyl groups is 1. The van der Waals surface area contributed by atoms with E-state index in [1.165, 1.54) is 17.0 Å². The van der Waals surface area contributed by atoms with E-state index in [0.717, 1.165) is 28.1 Å². The van der Waals surface area contributed by atoms with Crippen LogP contribution in [-0.4, -0.2) is 35.2 Å². The maximum absolute atomic E-state index is 13.9. The minimum atomic E-state index is -1.04. The zero-order valence-corrected chi connectivity index (χ0v) is 24.2. The van der Waals surface area contributed by atoms with Crippen molar-refractivity contribution in [3.63, 3.8) is 0 Å². The summed E-state index contributed by atoms with van der Waals surface area (Å²) >= 11 is 0. The number of fused-ring (bicyclic) bond motifs is 3. The summed E-state index contributed by atoms with van der Waals surface area (Å²) in [7, 11) is -1.04. The van der Waals surface area contributed by atoms with Crippen LogP contribution in [0.15, 0.2) is 89.5 Å². The SMILES string of the molecule is CC1=C2[C@@H](CC/C(C)=C/c3ccc(O)c(F)c3)OB(O)C[C@@H]2[C@@H]2C(=O)N(c3ccc(Nc4ccccc4)cc3)C(=O)[C@@H]2C1. The fourth-order valence-electron chi connectivity index (χ4n) is 6.88. The number of para-hydroxylation sites is 1. The second-order valence-electron chi connectivity index (χ2n) is 11.8. The summed E-state index contributed by atoms with van der Waals surface area (Å²) in [5.41, 5.74) is 6.01. The van der Waals surface area contributed by atoms with E-state index in [9.17, 15) is 24.1 Å². The van der Waals surface area contributed by atoms with Crippen molar-refractivity contribution in [2.75, 3.05) is 10.2 Å². The van der Waals surface area contributed by atoms with Crippen LogP contribution < -0.4 is 10.2 Å². The Labute approximate surface area is 250 Å². The molecule has 2 fully saturated rings. The molecule has 0 spiro atoms. The molecule has 220 valence electrons. The van der Waals surface area contributed by atoms with E-state index < -0.39 is 30.9 Å². The van der Waals surface area contributed by atoms with Gasteiger partial charge in [0.25, 0.3) is 0 Å². The zero-order chi connectivity index (χ0) is 30.2. The molecule has 2 saturated heterocycles. The van der Waals surface area contributed by atoms with Crippen LogP contribution in [0.3, 0.4) is 0 Å². The van der Waals surface area contributed by atoms with Gasteiger partial charge in [-0.05, 0) is 105 Å². The van der Waals surface area contributed by atoms with Crippen LogP contribution in [0.1, 0.15) is 38.7 Å². The number of anilines is 3. The number of allylic oxidation sites excluding steroid dienone is 2. The van der Waals surface area contributed by atoms with E-state index in [-0.39, 0.29) is 29.8 Å². The topological polar surface area (TPSA) is 99.1 Å². The summed E-state index contributed by atoms with van der Waals surface area (Å²) in [6.07, 6.45) is 3.40. The van der Waals surface area contributed by atoms with Gasteiger partial charge in [0.2, 0.25) is 11.8 Å². The molecule has 9 heteroatoms. The molecule has 4 atom stereocenters. The van der Waals surface area contributed by atoms with Crippen LogP contribution in [0, 0.1) is 23.6 Å². The van der Waals surface area contributed by atoms with Crippen LogP contribution in [-0.2, 0) is 14.2 Å². The van der Waals surface area contributed by atoms with Crippen molar-refractivity contribution < 1.29 is 28.8 Å². The van der Waals surface area contributed by atoms with Gasteiger partial charge in [-0.25, -0.2) is 4.39 Å². The van der Waals surface area contributed by atoms with Gasteiger partial charge >= 0.3 is 7.12 Å². The van der Waals surface area contributed by atoms with Gasteiger partial charge in [0.15, 0.2) is 11.6 Å². The lowest BCUT2D eigenvalue weighted by molar-refractivity contribution is -0.122. The molecule has 2 amide bonds. The highest BCUT2D eigenvalue weighted by atomic mass is 19.1. The van der Waals surface area contributed by atoms with Gasteiger partial charge in [0.1, 0.15) is 0 Å². The average molecular weight is 580 g/mol. The number of hydrogen-bond donors (Lipinski definition) is 3. The Morgan fingerprint density at radius 2 is 1.77 bits per heavy atom. The van der Waals surface area contributed by atoms with Crippen molar-refractivity contribution in [2.45, 2.75) is 45.5 Å². The quantitative estimate of drug-likeness (QED) is 0.168. The molecule has 3 aliphatic rings. The van der Waals surface area contributed by atoms with Crippen molar-refractivity contribution in [1.82, 2.24) is 0 Å². The van der Waals surface area contributed by atoms with Crippen molar-refractivity contribution >= 4 is 42.1 Å². The number of phenolic OH excluding ortho intramolecular Hbond substituents is 1. The molecule has 0 saturated carbocycles. The van der Waals surface area contributed by atoms with E-state index in [1.807, 2.05) is 62.4 Å². The summed E-state index contributed by atoms with van der Waals surface area (Å²) in [6, 6.07) is 21.3. The van der Waals surface area contributed by atoms with Gasteiger partial charge < -0.3 is 20.1 Å². The Balaban J connectivity index is 1.19. The van der Waals surface area contributed by atoms with Gasteiger partial charge in [0.05, 0.1) is 23.6 Å². The lowest BCUT2D eigenvalue weighted by Crippen LogP contribution is -2.46. The third kappa shape index (κ3) is 5.75. The molecular weight excluding hydrogens is 546 g/mol. The Bertz CT molecular complexity index is 1610. The molecule has 3 aromatic rings. The van der Waals surface area contributed by atoms with E-state index in [2.05, 4.69) is 5.32 Å². The summed E-state index contributed by atoms with van der Waals surface area (Å²) in [5, 5.41) is 23.5. The van der Waals surface area contributed by atoms with Crippen molar-refractivity contribution in [2.24, 2.45) is 17.8 Å². The number of halogens is 1. The molecule has 0 aromatic heterocycles. The average Bonchev–Trinajstić information content (AvgIpc) is 3.23. The van der Waals surface area contributed by atoms with Gasteiger partial charge in [-0.3, -0.25) is 14.5 Å². The number of hydrogen-bond acceptors (Lipinski definition) is 6. The van der Waals surface area contributed by atoms with Crippen molar-refractivity contribution in [3.8, 4) is 5.75 Å². The minimum absolute atomic E-state index is 0.199. The number of carbonyl (C=O) groups excluding carboxylic acids is 2. The molecule has 3 N–H and O–H groups in total. The Morgan fingerprint density at radius 3 is 2.49 bits per heavy atom. The van der Waals surface area contributed by atoms with Gasteiger partial charge in [0, 0.05) is 11.4 Å². The number of carbonyl (C=O) groups is 2. The van der Waals surface area contributed by atoms with E-state index in [4.69, 9.17) is 4.65 Å². The number of phenols is 1. The molecule has 43 heavy (non-hydrogen) atoms. The summed E-state index contributed by atoms with van der Waals surface area (Å²) in [5.74, 6) is -2.80. The molecule has 0 bridgehead atoms. The smallest absolute Gasteiger partial charge is 0.455 e. The predicted octanol–water partition coefficient (Wildman–Crippen LogP) is 6.48. The molecule has 2 heterocycles. The second kappa shape index (κ2) is 11.8. The maximum atomic E-state index is 13.9. The number of benzene rings is 3. The van der Waals surface area contributed by atoms with Gasteiger partial charge in [-0.15, -0.1) is 0 Å². The minimum Gasteiger partial charge on any atom is -0.505 e. The largest absolute Gasteiger partial charge is 0.505 e. The molecule has 6 rings (SSSR count). The highest BCUT2D eigenvalue weighted by Crippen LogP contribution is 2.51. The van der Waals surface area contributed by atoms with Crippen LogP contribution in [0.2, 0.25) is 6.32 Å². The highest BCUT2D eigenvalue weighted by Gasteiger charge is 2.57. The summed E-state index contributed by atoms with van der Waals surface area (Å²) in [6.45, 7) is 3.94. The first-order valence-corrected chi connectivity index (χ1v) is 14.7. The van der Waals surface area contributed by atoms with Crippen molar-refractivity contribution in [1.29, 1.82) is 0 Å². The van der Waals surface area contributed by atoms with Crippen LogP contribution in [0.4, 0.5) is 21.5 Å². The molecule has 3 aromatic carbocycles. The third-order valence-electron chi connectivity index (χ3n) is 8.83. The molecule has 0 unspecified atom stereocenters. The highest BCUT2D eigenvalue weighted by molar-refractivity contribution is 6.43. The molecule has 2 aliphatic heterocycles. The zero-order valence-electron chi connectivity index (χ0n) is 24.2. The summed E-state index contributed by atoms with van der Waals surface area (Å²) < 4.78 is 19.8. The summed E-state index contributed by atoms with van der Waals surface area (Å²) in [4.78, 5) is 28.9. The monoisotopic (exact) mass is 580 g/mol. The lowest BCUT2D eigenvalue weighted by atomic mass is 9.59. The van der Waals surface area contributed by atoms with E-state index in [0.29, 0.717) is 30.5 Å². The fourth-order valence-corrected chi connectivity index (χ4v) is 6.88. The first kappa shape index (κ1) is 28.9. The van der Waals surface area contributed by atoms with Crippen LogP contribution >= 0.6 is 0 Å². The Morgan fingerprint density at radius 1 is 1.05 bits per heavy atom. The number of nitrogens with one attached hydrogen (secondary N) is 1. The second-order valence-corrected chi connectivity index (χ2v) is 11.8. The molecule has 0 radical (unpaired) electrons. The van der Waals surface area contributed by atoms with E-state index in [1.54, 1.807) is 18.2 Å². The fraction of sp³-hybridized carbons (Fsp3) is 0.294. The van der Waals surface area contributed by atoms with Gasteiger partial charge in [-0.2, -0.15) is 0 Å². The molecule has 7 nitrogen and oxygen atoms in total. The third-order valence-corrected chi connectivity index (χ3v) is 8.83. The Kier molecular flexibility index (Phi) is 7.94. The first-order valence-electron chi connectivity index (χ1n) is 14.7. The van der Waals surface area contributed by atoms with Crippen LogP contribution in [0.25, 0.3) is 6.08 Å². The molecule has 1 aliphatic carbocycles. The Hall–Kier alpha value is -4.21. The number of nitrogens with zero attached hydrogens (tertiary/aromatic N) is 1. The number of amides is 2. The normalized spacial score (nSPS) is 23.9. The first-order chi connectivity index (χ1) is 20.7. The predicted molar refractivity (Wildman–Crippen MR) is 165 cm³/mol. The lowest BCUT2D eigenvalue weighted by Gasteiger charge is -2.42. The van der Waals surface area contributed by atoms with Gasteiger partial charge in [-0.1, -0.05) is 41.5 Å². The van der Waals surface area contributed by atoms with E-state index >= 15 is 0 Å². The number of rotatable bonds is 7. The molecular formula is C34H34BFN2O5.